The molecule has 2 aromatic rings. The Morgan fingerprint density at radius 3 is 2.54 bits per heavy atom. The minimum absolute atomic E-state index is 0.296. The molecule has 0 N–H and O–H groups in total. The number of hydrogen-bond acceptors (Lipinski definition) is 5. The highest BCUT2D eigenvalue weighted by Gasteiger charge is 2.24. The Labute approximate surface area is 151 Å². The van der Waals surface area contributed by atoms with E-state index in [4.69, 9.17) is 9.47 Å². The van der Waals surface area contributed by atoms with Crippen molar-refractivity contribution in [2.24, 2.45) is 13.0 Å². The van der Waals surface area contributed by atoms with Crippen LogP contribution >= 0.6 is 0 Å². The van der Waals surface area contributed by atoms with Crippen molar-refractivity contribution < 1.29 is 13.9 Å². The summed E-state index contributed by atoms with van der Waals surface area (Å²) >= 11 is 0. The van der Waals surface area contributed by atoms with Gasteiger partial charge in [0.1, 0.15) is 17.3 Å². The summed E-state index contributed by atoms with van der Waals surface area (Å²) in [5, 5.41) is 7.64. The Kier molecular flexibility index (Phi) is 5.13. The third-order valence-electron chi connectivity index (χ3n) is 4.62. The third kappa shape index (κ3) is 3.80. The lowest BCUT2D eigenvalue weighted by atomic mass is 9.86. The lowest BCUT2D eigenvalue weighted by molar-refractivity contribution is 0.0496. The standard InChI is InChI=1S/C18H25FN4O3/c1-18(2,3)13-9-15(23-17(24)22(4)20-21-23)16(10-14(13)19)26-11-12-5-7-25-8-6-12/h9-10,12H,5-8,11H2,1-4H3. The normalized spacial score (nSPS) is 16.0. The van der Waals surface area contributed by atoms with Crippen molar-refractivity contribution >= 4 is 0 Å². The molecule has 7 nitrogen and oxygen atoms in total. The maximum atomic E-state index is 14.7. The molecule has 0 aliphatic carbocycles. The number of hydrogen-bond donors (Lipinski definition) is 0. The first kappa shape index (κ1) is 18.6. The molecule has 0 bridgehead atoms. The zero-order valence-corrected chi connectivity index (χ0v) is 15.7. The average Bonchev–Trinajstić information content (AvgIpc) is 2.92. The largest absolute Gasteiger partial charge is 0.491 e. The minimum atomic E-state index is -0.427. The Morgan fingerprint density at radius 1 is 1.27 bits per heavy atom. The lowest BCUT2D eigenvalue weighted by Crippen LogP contribution is -2.25. The molecule has 26 heavy (non-hydrogen) atoms. The highest BCUT2D eigenvalue weighted by Crippen LogP contribution is 2.33. The van der Waals surface area contributed by atoms with Gasteiger partial charge in [-0.15, -0.1) is 0 Å². The number of aryl methyl sites for hydroxylation is 1. The summed E-state index contributed by atoms with van der Waals surface area (Å²) in [6.45, 7) is 7.61. The van der Waals surface area contributed by atoms with E-state index < -0.39 is 11.1 Å². The molecular formula is C18H25FN4O3. The van der Waals surface area contributed by atoms with Crippen molar-refractivity contribution in [1.82, 2.24) is 19.8 Å². The zero-order chi connectivity index (χ0) is 18.9. The van der Waals surface area contributed by atoms with E-state index in [-0.39, 0.29) is 5.82 Å². The summed E-state index contributed by atoms with van der Waals surface area (Å²) in [6.07, 6.45) is 1.81. The van der Waals surface area contributed by atoms with Gasteiger partial charge in [-0.25, -0.2) is 9.18 Å². The fourth-order valence-electron chi connectivity index (χ4n) is 2.98. The van der Waals surface area contributed by atoms with Crippen molar-refractivity contribution in [3.8, 4) is 11.4 Å². The van der Waals surface area contributed by atoms with Crippen LogP contribution in [-0.2, 0) is 17.2 Å². The molecule has 2 heterocycles. The van der Waals surface area contributed by atoms with Gasteiger partial charge in [0.05, 0.1) is 6.61 Å². The molecule has 0 spiro atoms. The number of tetrazole rings is 1. The van der Waals surface area contributed by atoms with Crippen molar-refractivity contribution in [1.29, 1.82) is 0 Å². The van der Waals surface area contributed by atoms with E-state index >= 15 is 0 Å². The van der Waals surface area contributed by atoms with Gasteiger partial charge in [-0.1, -0.05) is 20.8 Å². The maximum absolute atomic E-state index is 14.7. The average molecular weight is 364 g/mol. The first-order chi connectivity index (χ1) is 12.3. The van der Waals surface area contributed by atoms with Crippen LogP contribution in [0.3, 0.4) is 0 Å². The molecule has 1 fully saturated rings. The second kappa shape index (κ2) is 7.19. The van der Waals surface area contributed by atoms with Crippen LogP contribution in [0.4, 0.5) is 4.39 Å². The highest BCUT2D eigenvalue weighted by atomic mass is 19.1. The minimum Gasteiger partial charge on any atom is -0.491 e. The summed E-state index contributed by atoms with van der Waals surface area (Å²) < 4.78 is 28.2. The smallest absolute Gasteiger partial charge is 0.368 e. The van der Waals surface area contributed by atoms with Crippen LogP contribution in [0.15, 0.2) is 16.9 Å². The first-order valence-corrected chi connectivity index (χ1v) is 8.81. The zero-order valence-electron chi connectivity index (χ0n) is 15.7. The van der Waals surface area contributed by atoms with Crippen LogP contribution in [0, 0.1) is 11.7 Å². The van der Waals surface area contributed by atoms with Crippen LogP contribution < -0.4 is 10.4 Å². The maximum Gasteiger partial charge on any atom is 0.368 e. The van der Waals surface area contributed by atoms with Gasteiger partial charge in [0.2, 0.25) is 0 Å². The molecule has 0 atom stereocenters. The molecule has 3 rings (SSSR count). The van der Waals surface area contributed by atoms with E-state index in [0.717, 1.165) is 22.2 Å². The molecule has 1 aliphatic heterocycles. The topological polar surface area (TPSA) is 71.2 Å². The monoisotopic (exact) mass is 364 g/mol. The molecular weight excluding hydrogens is 339 g/mol. The van der Waals surface area contributed by atoms with Gasteiger partial charge in [-0.2, -0.15) is 9.36 Å². The molecule has 1 aromatic heterocycles. The number of nitrogens with zero attached hydrogens (tertiary/aromatic N) is 4. The van der Waals surface area contributed by atoms with Gasteiger partial charge in [0.15, 0.2) is 0 Å². The molecule has 142 valence electrons. The Balaban J connectivity index is 2.00. The second-order valence-electron chi connectivity index (χ2n) is 7.71. The van der Waals surface area contributed by atoms with Crippen LogP contribution in [0.25, 0.3) is 5.69 Å². The number of aromatic nitrogens is 4. The van der Waals surface area contributed by atoms with E-state index in [1.54, 1.807) is 6.07 Å². The molecule has 0 amide bonds. The molecule has 1 saturated heterocycles. The van der Waals surface area contributed by atoms with Crippen LogP contribution in [-0.4, -0.2) is 39.6 Å². The van der Waals surface area contributed by atoms with Crippen LogP contribution in [0.5, 0.6) is 5.75 Å². The number of rotatable bonds is 4. The molecule has 1 aliphatic rings. The van der Waals surface area contributed by atoms with E-state index in [2.05, 4.69) is 10.4 Å². The number of benzene rings is 1. The predicted octanol–water partition coefficient (Wildman–Crippen LogP) is 2.21. The van der Waals surface area contributed by atoms with E-state index in [9.17, 15) is 9.18 Å². The van der Waals surface area contributed by atoms with Gasteiger partial charge in [0, 0.05) is 26.3 Å². The summed E-state index contributed by atoms with van der Waals surface area (Å²) in [7, 11) is 1.52. The van der Waals surface area contributed by atoms with Gasteiger partial charge >= 0.3 is 5.69 Å². The van der Waals surface area contributed by atoms with Crippen molar-refractivity contribution in [2.45, 2.75) is 39.0 Å². The fraction of sp³-hybridized carbons (Fsp3) is 0.611. The third-order valence-corrected chi connectivity index (χ3v) is 4.62. The predicted molar refractivity (Wildman–Crippen MR) is 94.3 cm³/mol. The lowest BCUT2D eigenvalue weighted by Gasteiger charge is -2.24. The summed E-state index contributed by atoms with van der Waals surface area (Å²) in [4.78, 5) is 12.3. The molecule has 1 aromatic carbocycles. The summed E-state index contributed by atoms with van der Waals surface area (Å²) in [5.74, 6) is 0.283. The van der Waals surface area contributed by atoms with E-state index in [1.807, 2.05) is 20.8 Å². The summed E-state index contributed by atoms with van der Waals surface area (Å²) in [6, 6.07) is 2.97. The Bertz CT molecular complexity index is 832. The Hall–Kier alpha value is -2.22. The van der Waals surface area contributed by atoms with Crippen LogP contribution in [0.1, 0.15) is 39.2 Å². The van der Waals surface area contributed by atoms with Gasteiger partial charge in [0.25, 0.3) is 0 Å². The molecule has 8 heteroatoms. The SMILES string of the molecule is Cn1nnn(-c2cc(C(C)(C)C)c(F)cc2OCC2CCOCC2)c1=O. The number of halogens is 1. The molecule has 0 unspecified atom stereocenters. The molecule has 0 saturated carbocycles. The Morgan fingerprint density at radius 2 is 1.96 bits per heavy atom. The first-order valence-electron chi connectivity index (χ1n) is 8.81. The summed E-state index contributed by atoms with van der Waals surface area (Å²) in [5.41, 5.74) is 0.0569. The highest BCUT2D eigenvalue weighted by molar-refractivity contribution is 5.50. The number of ether oxygens (including phenoxy) is 2. The fourth-order valence-corrected chi connectivity index (χ4v) is 2.98. The molecule has 0 radical (unpaired) electrons. The van der Waals surface area contributed by atoms with E-state index in [0.29, 0.717) is 42.7 Å². The van der Waals surface area contributed by atoms with Gasteiger partial charge in [-0.05, 0) is 46.2 Å². The quantitative estimate of drug-likeness (QED) is 0.832. The van der Waals surface area contributed by atoms with Crippen LogP contribution in [0.2, 0.25) is 0 Å². The van der Waals surface area contributed by atoms with E-state index in [1.165, 1.54) is 13.1 Å². The second-order valence-corrected chi connectivity index (χ2v) is 7.71. The van der Waals surface area contributed by atoms with Crippen molar-refractivity contribution in [3.05, 3.63) is 34.0 Å². The van der Waals surface area contributed by atoms with Gasteiger partial charge in [-0.3, -0.25) is 0 Å². The van der Waals surface area contributed by atoms with Crippen molar-refractivity contribution in [2.75, 3.05) is 19.8 Å². The van der Waals surface area contributed by atoms with Gasteiger partial charge < -0.3 is 9.47 Å². The van der Waals surface area contributed by atoms with Crippen molar-refractivity contribution in [3.63, 3.8) is 0 Å².